The van der Waals surface area contributed by atoms with Crippen molar-refractivity contribution in [1.29, 1.82) is 0 Å². The summed E-state index contributed by atoms with van der Waals surface area (Å²) in [5.41, 5.74) is -2.03. The highest BCUT2D eigenvalue weighted by molar-refractivity contribution is 6.62. The average Bonchev–Trinajstić information content (AvgIpc) is 2.75. The third kappa shape index (κ3) is 3.57. The highest BCUT2D eigenvalue weighted by Gasteiger charge is 2.54. The third-order valence-electron chi connectivity index (χ3n) is 5.30. The lowest BCUT2D eigenvalue weighted by Gasteiger charge is -2.32. The fourth-order valence-electron chi connectivity index (χ4n) is 3.07. The van der Waals surface area contributed by atoms with Crippen LogP contribution < -0.4 is 5.46 Å². The second-order valence-electron chi connectivity index (χ2n) is 7.67. The molecule has 1 unspecified atom stereocenters. The van der Waals surface area contributed by atoms with Crippen molar-refractivity contribution in [3.8, 4) is 0 Å². The number of aromatic nitrogens is 1. The summed E-state index contributed by atoms with van der Waals surface area (Å²) in [4.78, 5) is 3.94. The zero-order valence-electron chi connectivity index (χ0n) is 14.9. The van der Waals surface area contributed by atoms with Gasteiger partial charge in [-0.1, -0.05) is 6.07 Å². The fraction of sp³-hybridized carbons (Fsp3) is 0.706. The van der Waals surface area contributed by atoms with Crippen molar-refractivity contribution in [2.75, 3.05) is 13.2 Å². The molecule has 25 heavy (non-hydrogen) atoms. The topological polar surface area (TPSA) is 40.6 Å². The van der Waals surface area contributed by atoms with E-state index in [1.165, 1.54) is 6.07 Å². The van der Waals surface area contributed by atoms with Crippen LogP contribution in [0, 0.1) is 0 Å². The molecule has 0 N–H and O–H groups in total. The Morgan fingerprint density at radius 2 is 1.76 bits per heavy atom. The number of hydrogen-bond acceptors (Lipinski definition) is 4. The van der Waals surface area contributed by atoms with Gasteiger partial charge in [0.25, 0.3) is 0 Å². The third-order valence-corrected chi connectivity index (χ3v) is 5.30. The van der Waals surface area contributed by atoms with Gasteiger partial charge in [0.2, 0.25) is 0 Å². The standard InChI is InChI=1S/C17H23BF3NO3/c1-15(2)16(3,4)25-18(24-15)12-7-8-13(11-6-5-9-23-10-11)22-14(12)17(19,20)21/h7-8,11H,5-6,9-10H2,1-4H3. The van der Waals surface area contributed by atoms with Gasteiger partial charge in [0.1, 0.15) is 5.69 Å². The molecule has 0 aromatic carbocycles. The summed E-state index contributed by atoms with van der Waals surface area (Å²) in [5.74, 6) is -0.109. The molecule has 2 fully saturated rings. The molecule has 3 rings (SSSR count). The Morgan fingerprint density at radius 3 is 2.28 bits per heavy atom. The van der Waals surface area contributed by atoms with Crippen LogP contribution in [0.4, 0.5) is 13.2 Å². The van der Waals surface area contributed by atoms with Gasteiger partial charge in [-0.3, -0.25) is 0 Å². The minimum absolute atomic E-state index is 0.0772. The first kappa shape index (κ1) is 18.7. The molecule has 2 aliphatic heterocycles. The second kappa shape index (κ2) is 6.25. The molecule has 0 spiro atoms. The molecule has 2 saturated heterocycles. The predicted octanol–water partition coefficient (Wildman–Crippen LogP) is 3.29. The summed E-state index contributed by atoms with van der Waals surface area (Å²) >= 11 is 0. The molecule has 8 heteroatoms. The number of nitrogens with zero attached hydrogens (tertiary/aromatic N) is 1. The van der Waals surface area contributed by atoms with Crippen LogP contribution in [0.15, 0.2) is 12.1 Å². The molecule has 0 amide bonds. The number of alkyl halides is 3. The number of pyridine rings is 1. The summed E-state index contributed by atoms with van der Waals surface area (Å²) in [5, 5.41) is 0. The molecule has 0 radical (unpaired) electrons. The van der Waals surface area contributed by atoms with Gasteiger partial charge >= 0.3 is 13.3 Å². The molecule has 2 aliphatic rings. The van der Waals surface area contributed by atoms with Crippen LogP contribution in [0.5, 0.6) is 0 Å². The van der Waals surface area contributed by atoms with E-state index in [1.807, 2.05) is 0 Å². The Bertz CT molecular complexity index is 627. The van der Waals surface area contributed by atoms with E-state index in [4.69, 9.17) is 14.0 Å². The van der Waals surface area contributed by atoms with Crippen molar-refractivity contribution in [1.82, 2.24) is 4.98 Å². The minimum Gasteiger partial charge on any atom is -0.399 e. The smallest absolute Gasteiger partial charge is 0.399 e. The number of hydrogen-bond donors (Lipinski definition) is 0. The first-order chi connectivity index (χ1) is 11.5. The quantitative estimate of drug-likeness (QED) is 0.762. The Labute approximate surface area is 146 Å². The molecule has 138 valence electrons. The highest BCUT2D eigenvalue weighted by atomic mass is 19.4. The van der Waals surface area contributed by atoms with Crippen molar-refractivity contribution in [3.05, 3.63) is 23.5 Å². The molecule has 4 nitrogen and oxygen atoms in total. The van der Waals surface area contributed by atoms with Gasteiger partial charge < -0.3 is 14.0 Å². The SMILES string of the molecule is CC1(C)OB(c2ccc(C3CCCOC3)nc2C(F)(F)F)OC1(C)C. The van der Waals surface area contributed by atoms with E-state index in [9.17, 15) is 13.2 Å². The van der Waals surface area contributed by atoms with Crippen molar-refractivity contribution < 1.29 is 27.2 Å². The molecular formula is C17H23BF3NO3. The normalized spacial score (nSPS) is 26.0. The van der Waals surface area contributed by atoms with Crippen LogP contribution in [-0.2, 0) is 20.2 Å². The minimum atomic E-state index is -4.58. The lowest BCUT2D eigenvalue weighted by molar-refractivity contribution is -0.140. The van der Waals surface area contributed by atoms with Gasteiger partial charge in [-0.2, -0.15) is 13.2 Å². The fourth-order valence-corrected chi connectivity index (χ4v) is 3.07. The van der Waals surface area contributed by atoms with E-state index in [-0.39, 0.29) is 11.4 Å². The van der Waals surface area contributed by atoms with Gasteiger partial charge in [0, 0.05) is 23.7 Å². The summed E-state index contributed by atoms with van der Waals surface area (Å²) < 4.78 is 57.8. The molecule has 0 saturated carbocycles. The zero-order valence-corrected chi connectivity index (χ0v) is 14.9. The Balaban J connectivity index is 1.97. The zero-order chi connectivity index (χ0) is 18.5. The summed E-state index contributed by atoms with van der Waals surface area (Å²) in [7, 11) is -1.09. The van der Waals surface area contributed by atoms with Crippen LogP contribution in [0.1, 0.15) is 57.8 Å². The molecule has 0 aliphatic carbocycles. The lowest BCUT2D eigenvalue weighted by atomic mass is 9.77. The summed E-state index contributed by atoms with van der Waals surface area (Å²) in [6.07, 6.45) is -2.97. The largest absolute Gasteiger partial charge is 0.497 e. The van der Waals surface area contributed by atoms with E-state index in [2.05, 4.69) is 4.98 Å². The number of rotatable bonds is 2. The van der Waals surface area contributed by atoms with Gasteiger partial charge in [0.05, 0.1) is 17.8 Å². The van der Waals surface area contributed by atoms with Crippen LogP contribution in [0.2, 0.25) is 0 Å². The Kier molecular flexibility index (Phi) is 4.67. The molecule has 0 bridgehead atoms. The Morgan fingerprint density at radius 1 is 1.12 bits per heavy atom. The van der Waals surface area contributed by atoms with Gasteiger partial charge in [-0.05, 0) is 46.6 Å². The van der Waals surface area contributed by atoms with Gasteiger partial charge in [-0.15, -0.1) is 0 Å². The summed E-state index contributed by atoms with van der Waals surface area (Å²) in [6, 6.07) is 3.07. The molecule has 1 aromatic rings. The van der Waals surface area contributed by atoms with E-state index < -0.39 is 30.2 Å². The van der Waals surface area contributed by atoms with Gasteiger partial charge in [-0.25, -0.2) is 4.98 Å². The molecule has 1 atom stereocenters. The van der Waals surface area contributed by atoms with Crippen molar-refractivity contribution in [3.63, 3.8) is 0 Å². The van der Waals surface area contributed by atoms with Crippen molar-refractivity contribution in [2.45, 2.75) is 63.8 Å². The van der Waals surface area contributed by atoms with E-state index in [0.29, 0.717) is 18.9 Å². The van der Waals surface area contributed by atoms with E-state index in [1.54, 1.807) is 33.8 Å². The van der Waals surface area contributed by atoms with Crippen molar-refractivity contribution >= 4 is 12.6 Å². The van der Waals surface area contributed by atoms with Crippen LogP contribution in [0.3, 0.4) is 0 Å². The Hall–Kier alpha value is -1.12. The number of ether oxygens (including phenoxy) is 1. The van der Waals surface area contributed by atoms with E-state index >= 15 is 0 Å². The average molecular weight is 357 g/mol. The van der Waals surface area contributed by atoms with Crippen LogP contribution in [-0.4, -0.2) is 36.5 Å². The van der Waals surface area contributed by atoms with Gasteiger partial charge in [0.15, 0.2) is 0 Å². The maximum absolute atomic E-state index is 13.6. The maximum Gasteiger partial charge on any atom is 0.497 e. The predicted molar refractivity (Wildman–Crippen MR) is 87.7 cm³/mol. The maximum atomic E-state index is 13.6. The second-order valence-corrected chi connectivity index (χ2v) is 7.67. The first-order valence-electron chi connectivity index (χ1n) is 8.53. The van der Waals surface area contributed by atoms with Crippen LogP contribution in [0.25, 0.3) is 0 Å². The van der Waals surface area contributed by atoms with Crippen molar-refractivity contribution in [2.24, 2.45) is 0 Å². The van der Waals surface area contributed by atoms with Crippen LogP contribution >= 0.6 is 0 Å². The first-order valence-corrected chi connectivity index (χ1v) is 8.53. The van der Waals surface area contributed by atoms with E-state index in [0.717, 1.165) is 12.8 Å². The molecular weight excluding hydrogens is 334 g/mol. The summed E-state index contributed by atoms with van der Waals surface area (Å²) in [6.45, 7) is 8.28. The lowest BCUT2D eigenvalue weighted by Crippen LogP contribution is -2.41. The highest BCUT2D eigenvalue weighted by Crippen LogP contribution is 2.38. The molecule has 3 heterocycles. The number of halogens is 3. The monoisotopic (exact) mass is 357 g/mol. The molecule has 1 aromatic heterocycles.